The summed E-state index contributed by atoms with van der Waals surface area (Å²) < 4.78 is 0. The van der Waals surface area contributed by atoms with Gasteiger partial charge in [-0.25, -0.2) is 0 Å². The maximum absolute atomic E-state index is 12.0. The van der Waals surface area contributed by atoms with E-state index in [1.807, 2.05) is 37.1 Å². The predicted molar refractivity (Wildman–Crippen MR) is 86.9 cm³/mol. The van der Waals surface area contributed by atoms with E-state index in [4.69, 9.17) is 11.6 Å². The van der Waals surface area contributed by atoms with Gasteiger partial charge in [-0.1, -0.05) is 25.4 Å². The number of nitrogens with zero attached hydrogens (tertiary/aromatic N) is 2. The number of anilines is 1. The van der Waals surface area contributed by atoms with Gasteiger partial charge in [0.1, 0.15) is 0 Å². The molecule has 2 aromatic rings. The highest BCUT2D eigenvalue weighted by atomic mass is 35.5. The summed E-state index contributed by atoms with van der Waals surface area (Å²) in [7, 11) is 0. The number of piperazine rings is 1. The van der Waals surface area contributed by atoms with Gasteiger partial charge in [0.15, 0.2) is 0 Å². The van der Waals surface area contributed by atoms with Gasteiger partial charge in [0, 0.05) is 59.9 Å². The van der Waals surface area contributed by atoms with Gasteiger partial charge in [-0.3, -0.25) is 4.79 Å². The molecule has 0 unspecified atom stereocenters. The predicted octanol–water partition coefficient (Wildman–Crippen LogP) is 3.13. The van der Waals surface area contributed by atoms with Gasteiger partial charge in [-0.05, 0) is 18.2 Å². The van der Waals surface area contributed by atoms with E-state index in [9.17, 15) is 4.79 Å². The summed E-state index contributed by atoms with van der Waals surface area (Å²) in [5, 5.41) is 1.92. The van der Waals surface area contributed by atoms with E-state index in [-0.39, 0.29) is 11.8 Å². The number of hydrogen-bond donors (Lipinski definition) is 1. The monoisotopic (exact) mass is 305 g/mol. The third kappa shape index (κ3) is 2.72. The van der Waals surface area contributed by atoms with Crippen molar-refractivity contribution in [1.29, 1.82) is 0 Å². The van der Waals surface area contributed by atoms with Crippen LogP contribution in [0.2, 0.25) is 5.02 Å². The fraction of sp³-hybridized carbons (Fsp3) is 0.438. The smallest absolute Gasteiger partial charge is 0.225 e. The van der Waals surface area contributed by atoms with Crippen LogP contribution in [0.3, 0.4) is 0 Å². The van der Waals surface area contributed by atoms with Gasteiger partial charge in [0.05, 0.1) is 0 Å². The molecule has 0 atom stereocenters. The third-order valence-electron chi connectivity index (χ3n) is 4.04. The first-order valence-electron chi connectivity index (χ1n) is 7.36. The van der Waals surface area contributed by atoms with Crippen molar-refractivity contribution in [3.63, 3.8) is 0 Å². The minimum atomic E-state index is 0.0686. The van der Waals surface area contributed by atoms with Crippen molar-refractivity contribution in [2.45, 2.75) is 13.8 Å². The van der Waals surface area contributed by atoms with E-state index < -0.39 is 0 Å². The molecular weight excluding hydrogens is 286 g/mol. The Balaban J connectivity index is 1.80. The van der Waals surface area contributed by atoms with Crippen molar-refractivity contribution in [3.8, 4) is 0 Å². The Bertz CT molecular complexity index is 657. The molecule has 112 valence electrons. The van der Waals surface area contributed by atoms with Gasteiger partial charge in [0.2, 0.25) is 5.91 Å². The molecule has 1 aromatic carbocycles. The van der Waals surface area contributed by atoms with E-state index in [0.717, 1.165) is 42.4 Å². The lowest BCUT2D eigenvalue weighted by Crippen LogP contribution is -2.50. The highest BCUT2D eigenvalue weighted by Gasteiger charge is 2.24. The van der Waals surface area contributed by atoms with Crippen LogP contribution in [0, 0.1) is 5.92 Å². The molecule has 3 rings (SSSR count). The van der Waals surface area contributed by atoms with E-state index in [1.54, 1.807) is 0 Å². The summed E-state index contributed by atoms with van der Waals surface area (Å²) in [6.07, 6.45) is 1.93. The number of H-pyrrole nitrogens is 1. The molecule has 5 heteroatoms. The lowest BCUT2D eigenvalue weighted by molar-refractivity contribution is -0.134. The Kier molecular flexibility index (Phi) is 3.81. The third-order valence-corrected chi connectivity index (χ3v) is 4.26. The summed E-state index contributed by atoms with van der Waals surface area (Å²) >= 11 is 6.21. The zero-order valence-corrected chi connectivity index (χ0v) is 13.2. The molecule has 0 bridgehead atoms. The summed E-state index contributed by atoms with van der Waals surface area (Å²) in [5.74, 6) is 0.312. The molecule has 21 heavy (non-hydrogen) atoms. The number of carbonyl (C=O) groups is 1. The Labute approximate surface area is 129 Å². The van der Waals surface area contributed by atoms with Crippen molar-refractivity contribution < 1.29 is 4.79 Å². The number of carbonyl (C=O) groups excluding carboxylic acids is 1. The molecule has 0 aliphatic carbocycles. The number of benzene rings is 1. The molecule has 1 N–H and O–H groups in total. The second-order valence-electron chi connectivity index (χ2n) is 5.83. The minimum absolute atomic E-state index is 0.0686. The number of aromatic amines is 1. The van der Waals surface area contributed by atoms with E-state index in [1.165, 1.54) is 5.39 Å². The largest absolute Gasteiger partial charge is 0.367 e. The minimum Gasteiger partial charge on any atom is -0.367 e. The zero-order chi connectivity index (χ0) is 15.0. The van der Waals surface area contributed by atoms with Crippen LogP contribution in [0.5, 0.6) is 0 Å². The SMILES string of the molecule is CC(C)C(=O)N1CCN(c2cc(Cl)cc3[nH]ccc23)CC1. The van der Waals surface area contributed by atoms with Gasteiger partial charge < -0.3 is 14.8 Å². The number of amides is 1. The number of aromatic nitrogens is 1. The van der Waals surface area contributed by atoms with Crippen molar-refractivity contribution in [2.75, 3.05) is 31.1 Å². The van der Waals surface area contributed by atoms with Crippen molar-refractivity contribution in [1.82, 2.24) is 9.88 Å². The number of hydrogen-bond acceptors (Lipinski definition) is 2. The normalized spacial score (nSPS) is 16.0. The van der Waals surface area contributed by atoms with Crippen LogP contribution in [0.15, 0.2) is 24.4 Å². The Morgan fingerprint density at radius 1 is 1.24 bits per heavy atom. The lowest BCUT2D eigenvalue weighted by atomic mass is 10.1. The Morgan fingerprint density at radius 3 is 2.62 bits per heavy atom. The maximum atomic E-state index is 12.0. The van der Waals surface area contributed by atoms with Crippen molar-refractivity contribution >= 4 is 34.1 Å². The number of halogens is 1. The first-order valence-corrected chi connectivity index (χ1v) is 7.74. The topological polar surface area (TPSA) is 39.3 Å². The average molecular weight is 306 g/mol. The van der Waals surface area contributed by atoms with Crippen LogP contribution < -0.4 is 4.90 Å². The molecule has 0 saturated carbocycles. The van der Waals surface area contributed by atoms with Crippen LogP contribution >= 0.6 is 11.6 Å². The van der Waals surface area contributed by atoms with E-state index in [0.29, 0.717) is 0 Å². The first kappa shape index (κ1) is 14.3. The highest BCUT2D eigenvalue weighted by Crippen LogP contribution is 2.31. The quantitative estimate of drug-likeness (QED) is 0.926. The molecular formula is C16H20ClN3O. The average Bonchev–Trinajstić information content (AvgIpc) is 2.93. The van der Waals surface area contributed by atoms with Gasteiger partial charge in [0.25, 0.3) is 0 Å². The highest BCUT2D eigenvalue weighted by molar-refractivity contribution is 6.31. The van der Waals surface area contributed by atoms with Crippen LogP contribution in [0.1, 0.15) is 13.8 Å². The molecule has 0 radical (unpaired) electrons. The first-order chi connectivity index (χ1) is 10.1. The van der Waals surface area contributed by atoms with Gasteiger partial charge in [-0.2, -0.15) is 0 Å². The Hall–Kier alpha value is -1.68. The number of fused-ring (bicyclic) bond motifs is 1. The summed E-state index contributed by atoms with van der Waals surface area (Å²) in [4.78, 5) is 19.5. The summed E-state index contributed by atoms with van der Waals surface area (Å²) in [6, 6.07) is 6.03. The molecule has 1 amide bonds. The fourth-order valence-corrected chi connectivity index (χ4v) is 3.12. The van der Waals surface area contributed by atoms with Crippen LogP contribution in [0.4, 0.5) is 5.69 Å². The van der Waals surface area contributed by atoms with E-state index >= 15 is 0 Å². The number of rotatable bonds is 2. The zero-order valence-electron chi connectivity index (χ0n) is 12.4. The standard InChI is InChI=1S/C16H20ClN3O/c1-11(2)16(21)20-7-5-19(6-8-20)15-10-12(17)9-14-13(15)3-4-18-14/h3-4,9-11,18H,5-8H2,1-2H3. The molecule has 0 spiro atoms. The molecule has 4 nitrogen and oxygen atoms in total. The van der Waals surface area contributed by atoms with Crippen LogP contribution in [-0.2, 0) is 4.79 Å². The molecule has 2 heterocycles. The maximum Gasteiger partial charge on any atom is 0.225 e. The molecule has 1 aliphatic heterocycles. The van der Waals surface area contributed by atoms with Crippen molar-refractivity contribution in [2.24, 2.45) is 5.92 Å². The number of nitrogens with one attached hydrogen (secondary N) is 1. The fourth-order valence-electron chi connectivity index (χ4n) is 2.91. The summed E-state index contributed by atoms with van der Waals surface area (Å²) in [5.41, 5.74) is 2.20. The molecule has 1 saturated heterocycles. The van der Waals surface area contributed by atoms with Crippen LogP contribution in [0.25, 0.3) is 10.9 Å². The van der Waals surface area contributed by atoms with Gasteiger partial charge in [-0.15, -0.1) is 0 Å². The van der Waals surface area contributed by atoms with Crippen LogP contribution in [-0.4, -0.2) is 42.0 Å². The van der Waals surface area contributed by atoms with E-state index in [2.05, 4.69) is 16.0 Å². The molecule has 1 aromatic heterocycles. The summed E-state index contributed by atoms with van der Waals surface area (Å²) in [6.45, 7) is 7.15. The molecule has 1 aliphatic rings. The lowest BCUT2D eigenvalue weighted by Gasteiger charge is -2.37. The van der Waals surface area contributed by atoms with Crippen molar-refractivity contribution in [3.05, 3.63) is 29.4 Å². The molecule has 1 fully saturated rings. The second-order valence-corrected chi connectivity index (χ2v) is 6.27. The van der Waals surface area contributed by atoms with Gasteiger partial charge >= 0.3 is 0 Å². The Morgan fingerprint density at radius 2 is 1.95 bits per heavy atom. The second kappa shape index (κ2) is 5.60.